The van der Waals surface area contributed by atoms with E-state index in [0.29, 0.717) is 0 Å². The highest BCUT2D eigenvalue weighted by Crippen LogP contribution is 2.26. The average molecular weight is 311 g/mol. The smallest absolute Gasteiger partial charge is 0.151 e. The fraction of sp³-hybridized carbons (Fsp3) is 0.647. The highest BCUT2D eigenvalue weighted by Gasteiger charge is 2.27. The maximum absolute atomic E-state index is 11.9. The number of benzene rings is 1. The van der Waals surface area contributed by atoms with Crippen molar-refractivity contribution in [1.29, 1.82) is 0 Å². The lowest BCUT2D eigenvalue weighted by Gasteiger charge is -2.26. The SMILES string of the molecule is CCCNC(c1ccc(C(C)(C)C)cc1)C(C)S(C)(=O)=O. The van der Waals surface area contributed by atoms with E-state index in [1.165, 1.54) is 11.8 Å². The van der Waals surface area contributed by atoms with Crippen LogP contribution in [0.1, 0.15) is 58.2 Å². The van der Waals surface area contributed by atoms with Crippen molar-refractivity contribution in [3.05, 3.63) is 35.4 Å². The molecule has 0 aliphatic rings. The van der Waals surface area contributed by atoms with Crippen LogP contribution < -0.4 is 5.32 Å². The van der Waals surface area contributed by atoms with E-state index in [1.54, 1.807) is 6.92 Å². The summed E-state index contributed by atoms with van der Waals surface area (Å²) in [5, 5.41) is 2.93. The maximum Gasteiger partial charge on any atom is 0.151 e. The Hall–Kier alpha value is -0.870. The fourth-order valence-corrected chi connectivity index (χ4v) is 3.04. The molecule has 21 heavy (non-hydrogen) atoms. The van der Waals surface area contributed by atoms with Gasteiger partial charge in [0.1, 0.15) is 0 Å². The van der Waals surface area contributed by atoms with Crippen molar-refractivity contribution in [3.63, 3.8) is 0 Å². The van der Waals surface area contributed by atoms with E-state index in [1.807, 2.05) is 0 Å². The van der Waals surface area contributed by atoms with Crippen molar-refractivity contribution < 1.29 is 8.42 Å². The summed E-state index contributed by atoms with van der Waals surface area (Å²) in [5.74, 6) is 0. The minimum Gasteiger partial charge on any atom is -0.309 e. The van der Waals surface area contributed by atoms with E-state index in [0.717, 1.165) is 18.5 Å². The van der Waals surface area contributed by atoms with E-state index < -0.39 is 15.1 Å². The van der Waals surface area contributed by atoms with Gasteiger partial charge < -0.3 is 5.32 Å². The van der Waals surface area contributed by atoms with Crippen LogP contribution in [0.3, 0.4) is 0 Å². The van der Waals surface area contributed by atoms with E-state index in [-0.39, 0.29) is 11.5 Å². The monoisotopic (exact) mass is 311 g/mol. The summed E-state index contributed by atoms with van der Waals surface area (Å²) in [4.78, 5) is 0. The van der Waals surface area contributed by atoms with E-state index in [4.69, 9.17) is 0 Å². The van der Waals surface area contributed by atoms with Gasteiger partial charge in [-0.1, -0.05) is 52.0 Å². The first-order chi connectivity index (χ1) is 9.57. The molecular weight excluding hydrogens is 282 g/mol. The summed E-state index contributed by atoms with van der Waals surface area (Å²) in [6, 6.07) is 8.15. The third-order valence-corrected chi connectivity index (χ3v) is 5.52. The summed E-state index contributed by atoms with van der Waals surface area (Å²) in [6.07, 6.45) is 2.29. The Morgan fingerprint density at radius 1 is 1.14 bits per heavy atom. The number of hydrogen-bond acceptors (Lipinski definition) is 3. The van der Waals surface area contributed by atoms with Crippen LogP contribution in [-0.2, 0) is 15.3 Å². The van der Waals surface area contributed by atoms with Gasteiger partial charge in [0.25, 0.3) is 0 Å². The molecule has 0 fully saturated rings. The first-order valence-electron chi connectivity index (χ1n) is 7.60. The Bertz CT molecular complexity index is 541. The summed E-state index contributed by atoms with van der Waals surface area (Å²) in [7, 11) is -3.08. The van der Waals surface area contributed by atoms with Gasteiger partial charge in [0.05, 0.1) is 5.25 Å². The molecule has 1 aromatic carbocycles. The zero-order valence-electron chi connectivity index (χ0n) is 14.1. The van der Waals surface area contributed by atoms with E-state index in [9.17, 15) is 8.42 Å². The summed E-state index contributed by atoms with van der Waals surface area (Å²) in [5.41, 5.74) is 2.40. The molecule has 1 aromatic rings. The lowest BCUT2D eigenvalue weighted by molar-refractivity contribution is 0.499. The van der Waals surface area contributed by atoms with Crippen molar-refractivity contribution in [2.24, 2.45) is 0 Å². The predicted molar refractivity (Wildman–Crippen MR) is 90.5 cm³/mol. The van der Waals surface area contributed by atoms with Gasteiger partial charge in [-0.15, -0.1) is 0 Å². The maximum atomic E-state index is 11.9. The van der Waals surface area contributed by atoms with Crippen molar-refractivity contribution >= 4 is 9.84 Å². The van der Waals surface area contributed by atoms with Crippen LogP contribution >= 0.6 is 0 Å². The molecule has 2 unspecified atom stereocenters. The van der Waals surface area contributed by atoms with Crippen LogP contribution in [-0.4, -0.2) is 26.5 Å². The Labute approximate surface area is 130 Å². The molecule has 3 nitrogen and oxygen atoms in total. The second-order valence-electron chi connectivity index (χ2n) is 6.84. The van der Waals surface area contributed by atoms with Crippen molar-refractivity contribution in [2.75, 3.05) is 12.8 Å². The summed E-state index contributed by atoms with van der Waals surface area (Å²) < 4.78 is 23.8. The number of nitrogens with one attached hydrogen (secondary N) is 1. The van der Waals surface area contributed by atoms with Gasteiger partial charge >= 0.3 is 0 Å². The molecule has 0 aromatic heterocycles. The molecule has 0 heterocycles. The van der Waals surface area contributed by atoms with Gasteiger partial charge in [0.2, 0.25) is 0 Å². The third-order valence-electron chi connectivity index (χ3n) is 3.89. The molecule has 1 rings (SSSR count). The highest BCUT2D eigenvalue weighted by molar-refractivity contribution is 7.91. The topological polar surface area (TPSA) is 46.2 Å². The van der Waals surface area contributed by atoms with E-state index >= 15 is 0 Å². The Balaban J connectivity index is 3.09. The molecule has 4 heteroatoms. The number of hydrogen-bond donors (Lipinski definition) is 1. The molecule has 0 saturated heterocycles. The molecular formula is C17H29NO2S. The molecule has 0 spiro atoms. The number of sulfone groups is 1. The van der Waals surface area contributed by atoms with Crippen LogP contribution in [0, 0.1) is 0 Å². The fourth-order valence-electron chi connectivity index (χ4n) is 2.29. The minimum absolute atomic E-state index is 0.104. The molecule has 0 aliphatic heterocycles. The van der Waals surface area contributed by atoms with Gasteiger partial charge in [-0.25, -0.2) is 8.42 Å². The predicted octanol–water partition coefficient (Wildman–Crippen LogP) is 3.46. The van der Waals surface area contributed by atoms with Crippen molar-refractivity contribution in [2.45, 2.75) is 57.7 Å². The highest BCUT2D eigenvalue weighted by atomic mass is 32.2. The summed E-state index contributed by atoms with van der Waals surface area (Å²) >= 11 is 0. The van der Waals surface area contributed by atoms with Gasteiger partial charge in [0, 0.05) is 12.3 Å². The minimum atomic E-state index is -3.08. The molecule has 0 radical (unpaired) electrons. The molecule has 2 atom stereocenters. The van der Waals surface area contributed by atoms with Crippen LogP contribution in [0.4, 0.5) is 0 Å². The standard InChI is InChI=1S/C17H29NO2S/c1-7-12-18-16(13(2)21(6,19)20)14-8-10-15(11-9-14)17(3,4)5/h8-11,13,16,18H,7,12H2,1-6H3. The quantitative estimate of drug-likeness (QED) is 0.875. The molecule has 0 saturated carbocycles. The largest absolute Gasteiger partial charge is 0.309 e. The molecule has 0 bridgehead atoms. The van der Waals surface area contributed by atoms with Crippen LogP contribution in [0.5, 0.6) is 0 Å². The Kier molecular flexibility index (Phi) is 6.00. The van der Waals surface area contributed by atoms with E-state index in [2.05, 4.69) is 57.3 Å². The average Bonchev–Trinajstić information content (AvgIpc) is 2.37. The molecule has 0 amide bonds. The molecule has 120 valence electrons. The van der Waals surface area contributed by atoms with Crippen LogP contribution in [0.2, 0.25) is 0 Å². The zero-order chi connectivity index (χ0) is 16.3. The van der Waals surface area contributed by atoms with Gasteiger partial charge in [0.15, 0.2) is 9.84 Å². The number of rotatable bonds is 6. The van der Waals surface area contributed by atoms with Gasteiger partial charge in [-0.3, -0.25) is 0 Å². The third kappa shape index (κ3) is 5.11. The Morgan fingerprint density at radius 3 is 2.05 bits per heavy atom. The van der Waals surface area contributed by atoms with Crippen LogP contribution in [0.25, 0.3) is 0 Å². The second-order valence-corrected chi connectivity index (χ2v) is 9.24. The van der Waals surface area contributed by atoms with Crippen molar-refractivity contribution in [3.8, 4) is 0 Å². The van der Waals surface area contributed by atoms with Crippen LogP contribution in [0.15, 0.2) is 24.3 Å². The van der Waals surface area contributed by atoms with Crippen molar-refractivity contribution in [1.82, 2.24) is 5.32 Å². The van der Waals surface area contributed by atoms with Gasteiger partial charge in [-0.2, -0.15) is 0 Å². The lowest BCUT2D eigenvalue weighted by atomic mass is 9.86. The summed E-state index contributed by atoms with van der Waals surface area (Å²) in [6.45, 7) is 11.2. The first kappa shape index (κ1) is 18.2. The molecule has 0 aliphatic carbocycles. The normalized spacial score (nSPS) is 15.7. The first-order valence-corrected chi connectivity index (χ1v) is 9.55. The molecule has 1 N–H and O–H groups in total. The Morgan fingerprint density at radius 2 is 1.67 bits per heavy atom. The lowest BCUT2D eigenvalue weighted by Crippen LogP contribution is -2.35. The van der Waals surface area contributed by atoms with Gasteiger partial charge in [-0.05, 0) is 36.4 Å². The second kappa shape index (κ2) is 6.93. The zero-order valence-corrected chi connectivity index (χ0v) is 14.9.